The van der Waals surface area contributed by atoms with Crippen molar-refractivity contribution in [2.75, 3.05) is 25.9 Å². The van der Waals surface area contributed by atoms with E-state index < -0.39 is 0 Å². The van der Waals surface area contributed by atoms with Crippen molar-refractivity contribution in [1.82, 2.24) is 30.0 Å². The lowest BCUT2D eigenvalue weighted by Crippen LogP contribution is -2.38. The zero-order valence-corrected chi connectivity index (χ0v) is 16.0. The van der Waals surface area contributed by atoms with Crippen molar-refractivity contribution in [2.24, 2.45) is 0 Å². The first-order valence-electron chi connectivity index (χ1n) is 9.55. The molecule has 4 heterocycles. The number of fused-ring (bicyclic) bond motifs is 1. The van der Waals surface area contributed by atoms with Gasteiger partial charge in [0.05, 0.1) is 0 Å². The number of nitrogens with one attached hydrogen (secondary N) is 1. The van der Waals surface area contributed by atoms with E-state index in [4.69, 9.17) is 14.9 Å². The topological polar surface area (TPSA) is 119 Å². The summed E-state index contributed by atoms with van der Waals surface area (Å²) in [6.07, 6.45) is 5.93. The predicted octanol–water partition coefficient (Wildman–Crippen LogP) is 2.73. The minimum atomic E-state index is 0.0379. The Labute approximate surface area is 166 Å². The van der Waals surface area contributed by atoms with Gasteiger partial charge in [-0.15, -0.1) is 5.10 Å². The summed E-state index contributed by atoms with van der Waals surface area (Å²) >= 11 is 0. The predicted molar refractivity (Wildman–Crippen MR) is 108 cm³/mol. The van der Waals surface area contributed by atoms with Crippen molar-refractivity contribution in [3.8, 4) is 28.7 Å². The van der Waals surface area contributed by atoms with Crippen molar-refractivity contribution < 1.29 is 9.15 Å². The molecular weight excluding hydrogens is 370 g/mol. The number of rotatable bonds is 4. The summed E-state index contributed by atoms with van der Waals surface area (Å²) in [5.74, 6) is 1.56. The maximum atomic E-state index is 6.12. The van der Waals surface area contributed by atoms with E-state index in [9.17, 15) is 0 Å². The fraction of sp³-hybridized carbons (Fsp3) is 0.300. The number of nitrogens with two attached hydrogens (primary N) is 1. The molecule has 0 bridgehead atoms. The number of hydrogen-bond donors (Lipinski definition) is 2. The van der Waals surface area contributed by atoms with E-state index in [1.165, 1.54) is 0 Å². The Morgan fingerprint density at radius 1 is 1.28 bits per heavy atom. The molecule has 1 saturated heterocycles. The lowest BCUT2D eigenvalue weighted by Gasteiger charge is -2.29. The van der Waals surface area contributed by atoms with Crippen molar-refractivity contribution in [3.05, 3.63) is 36.7 Å². The van der Waals surface area contributed by atoms with Crippen LogP contribution in [0.3, 0.4) is 0 Å². The van der Waals surface area contributed by atoms with Gasteiger partial charge in [-0.2, -0.15) is 4.98 Å². The Kier molecular flexibility index (Phi) is 4.36. The number of H-pyrrole nitrogens is 1. The summed E-state index contributed by atoms with van der Waals surface area (Å²) in [6.45, 7) is 2.02. The van der Waals surface area contributed by atoms with Crippen LogP contribution in [-0.4, -0.2) is 56.3 Å². The lowest BCUT2D eigenvalue weighted by molar-refractivity contribution is 0.1000. The summed E-state index contributed by atoms with van der Waals surface area (Å²) in [7, 11) is 2.11. The number of ether oxygens (including phenoxy) is 1. The van der Waals surface area contributed by atoms with Crippen molar-refractivity contribution in [1.29, 1.82) is 0 Å². The molecule has 0 radical (unpaired) electrons. The van der Waals surface area contributed by atoms with Gasteiger partial charge in [0, 0.05) is 47.0 Å². The number of nitrogens with zero attached hydrogens (tertiary/aromatic N) is 5. The zero-order valence-electron chi connectivity index (χ0n) is 16.0. The number of nitrogen functional groups attached to an aromatic ring is 1. The van der Waals surface area contributed by atoms with Crippen LogP contribution in [0.2, 0.25) is 0 Å². The van der Waals surface area contributed by atoms with Crippen LogP contribution in [0.25, 0.3) is 33.7 Å². The average molecular weight is 391 g/mol. The highest BCUT2D eigenvalue weighted by atomic mass is 16.5. The summed E-state index contributed by atoms with van der Waals surface area (Å²) in [4.78, 5) is 14.6. The first-order chi connectivity index (χ1) is 14.2. The van der Waals surface area contributed by atoms with Gasteiger partial charge in [0.15, 0.2) is 5.82 Å². The summed E-state index contributed by atoms with van der Waals surface area (Å²) in [5, 5.41) is 8.63. The SMILES string of the molecule is CN1CCCC(Oc2ccnc(-c3c[nH]c4ccc(-c5nnc(N)o5)cc34)n2)C1. The average Bonchev–Trinajstić information content (AvgIpc) is 3.34. The van der Waals surface area contributed by atoms with Gasteiger partial charge < -0.3 is 24.8 Å². The quantitative estimate of drug-likeness (QED) is 0.545. The second-order valence-corrected chi connectivity index (χ2v) is 7.27. The van der Waals surface area contributed by atoms with Gasteiger partial charge in [-0.1, -0.05) is 5.10 Å². The number of hydrogen-bond acceptors (Lipinski definition) is 8. The third kappa shape index (κ3) is 3.52. The first-order valence-corrected chi connectivity index (χ1v) is 9.55. The van der Waals surface area contributed by atoms with Crippen LogP contribution in [0.15, 0.2) is 41.1 Å². The third-order valence-corrected chi connectivity index (χ3v) is 5.11. The molecule has 9 nitrogen and oxygen atoms in total. The standard InChI is InChI=1S/C20H21N7O2/c1-27-8-2-3-13(11-27)28-17-6-7-22-18(24-17)15-10-23-16-5-4-12(9-14(15)16)19-25-26-20(21)29-19/h4-7,9-10,13,23H,2-3,8,11H2,1H3,(H2,21,26). The molecule has 0 saturated carbocycles. The molecule has 0 spiro atoms. The van der Waals surface area contributed by atoms with Gasteiger partial charge in [0.25, 0.3) is 0 Å². The number of likely N-dealkylation sites (tertiary alicyclic amines) is 1. The maximum absolute atomic E-state index is 6.12. The van der Waals surface area contributed by atoms with Crippen molar-refractivity contribution >= 4 is 16.9 Å². The Balaban J connectivity index is 1.47. The number of aromatic nitrogens is 5. The van der Waals surface area contributed by atoms with Gasteiger partial charge in [0.1, 0.15) is 6.10 Å². The molecule has 1 aliphatic rings. The maximum Gasteiger partial charge on any atom is 0.313 e. The van der Waals surface area contributed by atoms with Gasteiger partial charge in [0.2, 0.25) is 11.8 Å². The van der Waals surface area contributed by atoms with E-state index in [1.54, 1.807) is 12.3 Å². The Morgan fingerprint density at radius 3 is 3.03 bits per heavy atom. The monoisotopic (exact) mass is 391 g/mol. The van der Waals surface area contributed by atoms with Crippen molar-refractivity contribution in [3.63, 3.8) is 0 Å². The minimum Gasteiger partial charge on any atom is -0.473 e. The van der Waals surface area contributed by atoms with E-state index in [0.717, 1.165) is 48.0 Å². The van der Waals surface area contributed by atoms with Crippen LogP contribution < -0.4 is 10.5 Å². The van der Waals surface area contributed by atoms with Crippen LogP contribution in [-0.2, 0) is 0 Å². The number of piperidine rings is 1. The molecule has 0 amide bonds. The molecule has 3 N–H and O–H groups in total. The third-order valence-electron chi connectivity index (χ3n) is 5.11. The van der Waals surface area contributed by atoms with E-state index in [0.29, 0.717) is 17.6 Å². The Hall–Kier alpha value is -3.46. The van der Waals surface area contributed by atoms with Gasteiger partial charge >= 0.3 is 6.01 Å². The molecule has 9 heteroatoms. The molecule has 148 valence electrons. The molecule has 5 rings (SSSR count). The molecule has 1 aliphatic heterocycles. The number of benzene rings is 1. The molecule has 4 aromatic rings. The van der Waals surface area contributed by atoms with Crippen LogP contribution in [0.4, 0.5) is 6.01 Å². The van der Waals surface area contributed by atoms with Crippen molar-refractivity contribution in [2.45, 2.75) is 18.9 Å². The highest BCUT2D eigenvalue weighted by molar-refractivity contribution is 5.96. The number of anilines is 1. The van der Waals surface area contributed by atoms with E-state index in [2.05, 4.69) is 37.1 Å². The molecule has 1 fully saturated rings. The number of likely N-dealkylation sites (N-methyl/N-ethyl adjacent to an activating group) is 1. The second kappa shape index (κ2) is 7.17. The summed E-state index contributed by atoms with van der Waals surface area (Å²) in [6, 6.07) is 7.65. The molecule has 3 aromatic heterocycles. The normalized spacial score (nSPS) is 17.6. The summed E-state index contributed by atoms with van der Waals surface area (Å²) in [5.41, 5.74) is 8.16. The number of aromatic amines is 1. The molecular formula is C20H21N7O2. The molecule has 29 heavy (non-hydrogen) atoms. The highest BCUT2D eigenvalue weighted by Crippen LogP contribution is 2.31. The minimum absolute atomic E-state index is 0.0379. The van der Waals surface area contributed by atoms with Gasteiger partial charge in [-0.05, 0) is 44.6 Å². The Morgan fingerprint density at radius 2 is 2.21 bits per heavy atom. The fourth-order valence-electron chi connectivity index (χ4n) is 3.71. The lowest BCUT2D eigenvalue weighted by atomic mass is 10.1. The van der Waals surface area contributed by atoms with E-state index >= 15 is 0 Å². The largest absolute Gasteiger partial charge is 0.473 e. The van der Waals surface area contributed by atoms with Crippen LogP contribution in [0.1, 0.15) is 12.8 Å². The smallest absolute Gasteiger partial charge is 0.313 e. The van der Waals surface area contributed by atoms with Crippen LogP contribution >= 0.6 is 0 Å². The van der Waals surface area contributed by atoms with Gasteiger partial charge in [-0.25, -0.2) is 4.98 Å². The van der Waals surface area contributed by atoms with Crippen LogP contribution in [0.5, 0.6) is 5.88 Å². The van der Waals surface area contributed by atoms with Crippen LogP contribution in [0, 0.1) is 0 Å². The van der Waals surface area contributed by atoms with E-state index in [-0.39, 0.29) is 12.1 Å². The summed E-state index contributed by atoms with van der Waals surface area (Å²) < 4.78 is 11.5. The molecule has 1 unspecified atom stereocenters. The zero-order chi connectivity index (χ0) is 19.8. The second-order valence-electron chi connectivity index (χ2n) is 7.27. The molecule has 0 aliphatic carbocycles. The highest BCUT2D eigenvalue weighted by Gasteiger charge is 2.20. The molecule has 1 atom stereocenters. The fourth-order valence-corrected chi connectivity index (χ4v) is 3.71. The van der Waals surface area contributed by atoms with Gasteiger partial charge in [-0.3, -0.25) is 0 Å². The molecule has 1 aromatic carbocycles. The Bertz CT molecular complexity index is 1150. The van der Waals surface area contributed by atoms with E-state index in [1.807, 2.05) is 24.4 Å². The first kappa shape index (κ1) is 17.6.